The van der Waals surface area contributed by atoms with Crippen LogP contribution in [0, 0.1) is 0 Å². The zero-order valence-electron chi connectivity index (χ0n) is 11.4. The Morgan fingerprint density at radius 3 is 2.26 bits per heavy atom. The molecule has 3 rings (SSSR count). The monoisotopic (exact) mass is 274 g/mol. The van der Waals surface area contributed by atoms with Gasteiger partial charge in [-0.2, -0.15) is 11.8 Å². The molecule has 0 radical (unpaired) electrons. The Labute approximate surface area is 120 Å². The Hall–Kier alpha value is -0.760. The van der Waals surface area contributed by atoms with Crippen LogP contribution in [0.15, 0.2) is 24.3 Å². The third-order valence-electron chi connectivity index (χ3n) is 4.56. The molecule has 0 atom stereocenters. The Morgan fingerprint density at radius 2 is 1.68 bits per heavy atom. The van der Waals surface area contributed by atoms with Gasteiger partial charge in [-0.25, -0.2) is 0 Å². The Kier molecular flexibility index (Phi) is 4.27. The highest BCUT2D eigenvalue weighted by Gasteiger charge is 2.20. The molecule has 0 bridgehead atoms. The standard InChI is InChI=1S/C17H22OS/c18-17(12-19-16-6-1-2-7-16)15-10-8-14(9-11-15)13-4-3-5-13/h8-11,13,16H,1-7,12H2. The summed E-state index contributed by atoms with van der Waals surface area (Å²) in [5.74, 6) is 1.72. The van der Waals surface area contributed by atoms with Gasteiger partial charge in [-0.15, -0.1) is 0 Å². The molecule has 102 valence electrons. The molecule has 0 unspecified atom stereocenters. The highest BCUT2D eigenvalue weighted by molar-refractivity contribution is 8.00. The van der Waals surface area contributed by atoms with E-state index in [9.17, 15) is 4.79 Å². The van der Waals surface area contributed by atoms with Crippen molar-refractivity contribution in [2.75, 3.05) is 5.75 Å². The smallest absolute Gasteiger partial charge is 0.172 e. The average Bonchev–Trinajstić information content (AvgIpc) is 2.88. The van der Waals surface area contributed by atoms with Gasteiger partial charge in [0, 0.05) is 10.8 Å². The number of hydrogen-bond acceptors (Lipinski definition) is 2. The number of hydrogen-bond donors (Lipinski definition) is 0. The molecule has 1 aromatic carbocycles. The van der Waals surface area contributed by atoms with Crippen molar-refractivity contribution in [1.82, 2.24) is 0 Å². The first-order valence-electron chi connectivity index (χ1n) is 7.58. The van der Waals surface area contributed by atoms with Crippen molar-refractivity contribution in [3.05, 3.63) is 35.4 Å². The summed E-state index contributed by atoms with van der Waals surface area (Å²) in [5, 5.41) is 0.734. The molecular weight excluding hydrogens is 252 g/mol. The van der Waals surface area contributed by atoms with Gasteiger partial charge in [0.15, 0.2) is 5.78 Å². The van der Waals surface area contributed by atoms with E-state index in [2.05, 4.69) is 12.1 Å². The lowest BCUT2D eigenvalue weighted by Gasteiger charge is -2.25. The highest BCUT2D eigenvalue weighted by atomic mass is 32.2. The molecule has 0 heterocycles. The summed E-state index contributed by atoms with van der Waals surface area (Å²) < 4.78 is 0. The molecule has 19 heavy (non-hydrogen) atoms. The third-order valence-corrected chi connectivity index (χ3v) is 5.93. The molecule has 0 aromatic heterocycles. The van der Waals surface area contributed by atoms with Gasteiger partial charge >= 0.3 is 0 Å². The van der Waals surface area contributed by atoms with Gasteiger partial charge in [0.2, 0.25) is 0 Å². The fourth-order valence-electron chi connectivity index (χ4n) is 3.01. The van der Waals surface area contributed by atoms with Gasteiger partial charge in [0.25, 0.3) is 0 Å². The second kappa shape index (κ2) is 6.13. The van der Waals surface area contributed by atoms with E-state index in [1.165, 1.54) is 50.5 Å². The first kappa shape index (κ1) is 13.2. The lowest BCUT2D eigenvalue weighted by atomic mass is 9.80. The highest BCUT2D eigenvalue weighted by Crippen LogP contribution is 2.36. The van der Waals surface area contributed by atoms with Crippen molar-refractivity contribution < 1.29 is 4.79 Å². The fourth-order valence-corrected chi connectivity index (χ4v) is 4.24. The molecule has 0 saturated heterocycles. The minimum absolute atomic E-state index is 0.303. The lowest BCUT2D eigenvalue weighted by molar-refractivity contribution is 0.102. The molecule has 0 amide bonds. The van der Waals surface area contributed by atoms with Gasteiger partial charge in [-0.05, 0) is 37.2 Å². The minimum Gasteiger partial charge on any atom is -0.293 e. The first-order valence-corrected chi connectivity index (χ1v) is 8.62. The number of carbonyl (C=O) groups excluding carboxylic acids is 1. The number of benzene rings is 1. The maximum absolute atomic E-state index is 12.1. The second-order valence-corrected chi connectivity index (χ2v) is 7.18. The number of thioether (sulfide) groups is 1. The fraction of sp³-hybridized carbons (Fsp3) is 0.588. The van der Waals surface area contributed by atoms with E-state index in [4.69, 9.17) is 0 Å². The topological polar surface area (TPSA) is 17.1 Å². The number of Topliss-reactive ketones (excluding diaryl/α,β-unsaturated/α-hetero) is 1. The van der Waals surface area contributed by atoms with Crippen LogP contribution in [0.1, 0.15) is 66.8 Å². The van der Waals surface area contributed by atoms with Crippen molar-refractivity contribution in [3.63, 3.8) is 0 Å². The summed E-state index contributed by atoms with van der Waals surface area (Å²) in [6, 6.07) is 8.39. The van der Waals surface area contributed by atoms with Crippen LogP contribution in [0.5, 0.6) is 0 Å². The predicted molar refractivity (Wildman–Crippen MR) is 82.1 cm³/mol. The van der Waals surface area contributed by atoms with Gasteiger partial charge in [-0.3, -0.25) is 4.79 Å². The number of ketones is 1. The Balaban J connectivity index is 1.53. The van der Waals surface area contributed by atoms with E-state index in [1.54, 1.807) is 0 Å². The molecule has 2 heteroatoms. The van der Waals surface area contributed by atoms with E-state index in [-0.39, 0.29) is 0 Å². The van der Waals surface area contributed by atoms with Crippen LogP contribution in [-0.4, -0.2) is 16.8 Å². The largest absolute Gasteiger partial charge is 0.293 e. The normalized spacial score (nSPS) is 20.4. The molecule has 2 aliphatic rings. The van der Waals surface area contributed by atoms with Crippen LogP contribution in [0.4, 0.5) is 0 Å². The van der Waals surface area contributed by atoms with Crippen molar-refractivity contribution in [3.8, 4) is 0 Å². The van der Waals surface area contributed by atoms with Crippen molar-refractivity contribution >= 4 is 17.5 Å². The number of carbonyl (C=O) groups is 1. The molecule has 2 saturated carbocycles. The van der Waals surface area contributed by atoms with Gasteiger partial charge in [0.05, 0.1) is 5.75 Å². The summed E-state index contributed by atoms with van der Waals surface area (Å²) in [6.07, 6.45) is 9.32. The van der Waals surface area contributed by atoms with Crippen LogP contribution in [0.25, 0.3) is 0 Å². The van der Waals surface area contributed by atoms with Crippen molar-refractivity contribution in [1.29, 1.82) is 0 Å². The van der Waals surface area contributed by atoms with Crippen molar-refractivity contribution in [2.24, 2.45) is 0 Å². The molecule has 0 aliphatic heterocycles. The van der Waals surface area contributed by atoms with E-state index in [1.807, 2.05) is 23.9 Å². The SMILES string of the molecule is O=C(CSC1CCCC1)c1ccc(C2CCC2)cc1. The Bertz CT molecular complexity index is 427. The summed E-state index contributed by atoms with van der Waals surface area (Å²) in [6.45, 7) is 0. The molecule has 1 aromatic rings. The predicted octanol–water partition coefficient (Wildman–Crippen LogP) is 4.81. The molecule has 2 aliphatic carbocycles. The molecular formula is C17H22OS. The van der Waals surface area contributed by atoms with Crippen LogP contribution < -0.4 is 0 Å². The van der Waals surface area contributed by atoms with E-state index in [0.29, 0.717) is 11.5 Å². The lowest BCUT2D eigenvalue weighted by Crippen LogP contribution is -2.10. The zero-order valence-corrected chi connectivity index (χ0v) is 12.3. The number of rotatable bonds is 5. The summed E-state index contributed by atoms with van der Waals surface area (Å²) in [4.78, 5) is 12.1. The summed E-state index contributed by atoms with van der Waals surface area (Å²) >= 11 is 1.86. The maximum Gasteiger partial charge on any atom is 0.172 e. The summed E-state index contributed by atoms with van der Waals surface area (Å²) in [5.41, 5.74) is 2.32. The maximum atomic E-state index is 12.1. The van der Waals surface area contributed by atoms with Crippen LogP contribution >= 0.6 is 11.8 Å². The van der Waals surface area contributed by atoms with Gasteiger partial charge < -0.3 is 0 Å². The Morgan fingerprint density at radius 1 is 1.00 bits per heavy atom. The summed E-state index contributed by atoms with van der Waals surface area (Å²) in [7, 11) is 0. The van der Waals surface area contributed by atoms with E-state index < -0.39 is 0 Å². The van der Waals surface area contributed by atoms with Crippen LogP contribution in [0.3, 0.4) is 0 Å². The molecule has 0 spiro atoms. The second-order valence-electron chi connectivity index (χ2n) is 5.89. The zero-order chi connectivity index (χ0) is 13.1. The van der Waals surface area contributed by atoms with Crippen LogP contribution in [0.2, 0.25) is 0 Å². The third kappa shape index (κ3) is 3.22. The molecule has 2 fully saturated rings. The van der Waals surface area contributed by atoms with E-state index >= 15 is 0 Å². The average molecular weight is 274 g/mol. The minimum atomic E-state index is 0.303. The van der Waals surface area contributed by atoms with Crippen molar-refractivity contribution in [2.45, 2.75) is 56.1 Å². The molecule has 1 nitrogen and oxygen atoms in total. The molecule has 0 N–H and O–H groups in total. The van der Waals surface area contributed by atoms with Crippen LogP contribution in [-0.2, 0) is 0 Å². The van der Waals surface area contributed by atoms with Gasteiger partial charge in [-0.1, -0.05) is 43.5 Å². The quantitative estimate of drug-likeness (QED) is 0.717. The van der Waals surface area contributed by atoms with E-state index in [0.717, 1.165) is 16.7 Å². The first-order chi connectivity index (χ1) is 9.33. The van der Waals surface area contributed by atoms with Gasteiger partial charge in [0.1, 0.15) is 0 Å².